The van der Waals surface area contributed by atoms with E-state index in [0.29, 0.717) is 18.9 Å². The summed E-state index contributed by atoms with van der Waals surface area (Å²) in [7, 11) is 0. The van der Waals surface area contributed by atoms with Crippen LogP contribution in [-0.2, 0) is 9.53 Å². The Morgan fingerprint density at radius 3 is 2.65 bits per heavy atom. The minimum Gasteiger partial charge on any atom is -0.381 e. The third kappa shape index (κ3) is 3.78. The minimum absolute atomic E-state index is 0.184. The van der Waals surface area contributed by atoms with Gasteiger partial charge in [0, 0.05) is 12.5 Å². The van der Waals surface area contributed by atoms with Crippen molar-refractivity contribution in [3.8, 4) is 0 Å². The minimum atomic E-state index is 0.184. The van der Waals surface area contributed by atoms with Gasteiger partial charge in [-0.05, 0) is 38.3 Å². The predicted molar refractivity (Wildman–Crippen MR) is 68.0 cm³/mol. The Labute approximate surface area is 105 Å². The van der Waals surface area contributed by atoms with Gasteiger partial charge in [-0.15, -0.1) is 0 Å². The normalized spacial score (nSPS) is 27.5. The van der Waals surface area contributed by atoms with Crippen LogP contribution in [0.3, 0.4) is 0 Å². The number of hydrogen-bond acceptors (Lipinski definition) is 3. The third-order valence-corrected chi connectivity index (χ3v) is 4.17. The predicted octanol–water partition coefficient (Wildman–Crippen LogP) is 2.10. The number of likely N-dealkylation sites (tertiary alicyclic amines) is 1. The molecule has 1 atom stereocenters. The average Bonchev–Trinajstić information content (AvgIpc) is 2.86. The summed E-state index contributed by atoms with van der Waals surface area (Å²) in [5.41, 5.74) is 0. The topological polar surface area (TPSA) is 29.5 Å². The van der Waals surface area contributed by atoms with E-state index in [0.717, 1.165) is 32.0 Å². The van der Waals surface area contributed by atoms with Gasteiger partial charge in [0.25, 0.3) is 0 Å². The summed E-state index contributed by atoms with van der Waals surface area (Å²) in [6, 6.07) is 0. The molecule has 0 aromatic carbocycles. The van der Waals surface area contributed by atoms with Crippen molar-refractivity contribution in [3.63, 3.8) is 0 Å². The molecular formula is C14H25NO2. The first-order valence-corrected chi connectivity index (χ1v) is 7.12. The van der Waals surface area contributed by atoms with Crippen molar-refractivity contribution in [2.75, 3.05) is 32.8 Å². The summed E-state index contributed by atoms with van der Waals surface area (Å²) >= 11 is 0. The second kappa shape index (κ2) is 6.50. The van der Waals surface area contributed by atoms with E-state index in [4.69, 9.17) is 4.74 Å². The number of carbonyl (C=O) groups is 1. The molecule has 2 saturated heterocycles. The molecule has 2 aliphatic rings. The SMILES string of the molecule is CCCC1CCN(CC(=O)C2CCOC2)CC1. The van der Waals surface area contributed by atoms with Gasteiger partial charge in [-0.3, -0.25) is 9.69 Å². The Bertz CT molecular complexity index is 241. The number of ether oxygens (including phenoxy) is 1. The first-order valence-electron chi connectivity index (χ1n) is 7.12. The van der Waals surface area contributed by atoms with Crippen molar-refractivity contribution < 1.29 is 9.53 Å². The van der Waals surface area contributed by atoms with Gasteiger partial charge >= 0.3 is 0 Å². The van der Waals surface area contributed by atoms with E-state index in [1.54, 1.807) is 0 Å². The van der Waals surface area contributed by atoms with Gasteiger partial charge in [0.05, 0.1) is 13.2 Å². The van der Waals surface area contributed by atoms with Gasteiger partial charge in [-0.25, -0.2) is 0 Å². The smallest absolute Gasteiger partial charge is 0.152 e. The first-order chi connectivity index (χ1) is 8.29. The summed E-state index contributed by atoms with van der Waals surface area (Å²) in [5, 5.41) is 0. The van der Waals surface area contributed by atoms with Crippen molar-refractivity contribution in [2.24, 2.45) is 11.8 Å². The lowest BCUT2D eigenvalue weighted by Gasteiger charge is -2.31. The Morgan fingerprint density at radius 2 is 2.06 bits per heavy atom. The van der Waals surface area contributed by atoms with E-state index >= 15 is 0 Å². The number of carbonyl (C=O) groups excluding carboxylic acids is 1. The van der Waals surface area contributed by atoms with Gasteiger partial charge < -0.3 is 4.74 Å². The molecule has 3 nitrogen and oxygen atoms in total. The molecule has 0 bridgehead atoms. The second-order valence-corrected chi connectivity index (χ2v) is 5.54. The average molecular weight is 239 g/mol. The van der Waals surface area contributed by atoms with Crippen molar-refractivity contribution in [3.05, 3.63) is 0 Å². The Hall–Kier alpha value is -0.410. The highest BCUT2D eigenvalue weighted by Crippen LogP contribution is 2.22. The molecule has 0 radical (unpaired) electrons. The summed E-state index contributed by atoms with van der Waals surface area (Å²) in [6.07, 6.45) is 6.15. The van der Waals surface area contributed by atoms with Crippen LogP contribution >= 0.6 is 0 Å². The number of nitrogens with zero attached hydrogens (tertiary/aromatic N) is 1. The standard InChI is InChI=1S/C14H25NO2/c1-2-3-12-4-7-15(8-5-12)10-14(16)13-6-9-17-11-13/h12-13H,2-11H2,1H3. The van der Waals surface area contributed by atoms with Crippen molar-refractivity contribution in [2.45, 2.75) is 39.0 Å². The van der Waals surface area contributed by atoms with E-state index in [1.165, 1.54) is 25.7 Å². The molecule has 0 amide bonds. The quantitative estimate of drug-likeness (QED) is 0.736. The van der Waals surface area contributed by atoms with Crippen LogP contribution in [0.2, 0.25) is 0 Å². The Kier molecular flexibility index (Phi) is 4.99. The maximum absolute atomic E-state index is 12.0. The van der Waals surface area contributed by atoms with E-state index < -0.39 is 0 Å². The number of ketones is 1. The highest BCUT2D eigenvalue weighted by Gasteiger charge is 2.26. The van der Waals surface area contributed by atoms with E-state index in [2.05, 4.69) is 11.8 Å². The Balaban J connectivity index is 1.68. The lowest BCUT2D eigenvalue weighted by Crippen LogP contribution is -2.39. The molecule has 0 spiro atoms. The van der Waals surface area contributed by atoms with Crippen LogP contribution in [0.4, 0.5) is 0 Å². The van der Waals surface area contributed by atoms with E-state index in [-0.39, 0.29) is 5.92 Å². The fraction of sp³-hybridized carbons (Fsp3) is 0.929. The molecule has 2 fully saturated rings. The largest absolute Gasteiger partial charge is 0.381 e. The highest BCUT2D eigenvalue weighted by atomic mass is 16.5. The summed E-state index contributed by atoms with van der Waals surface area (Å²) in [5.74, 6) is 1.49. The molecule has 0 aromatic rings. The highest BCUT2D eigenvalue weighted by molar-refractivity contribution is 5.83. The zero-order chi connectivity index (χ0) is 12.1. The van der Waals surface area contributed by atoms with Crippen LogP contribution in [-0.4, -0.2) is 43.5 Å². The van der Waals surface area contributed by atoms with Crippen LogP contribution in [0.1, 0.15) is 39.0 Å². The van der Waals surface area contributed by atoms with Crippen molar-refractivity contribution >= 4 is 5.78 Å². The maximum Gasteiger partial charge on any atom is 0.152 e. The molecule has 17 heavy (non-hydrogen) atoms. The summed E-state index contributed by atoms with van der Waals surface area (Å²) in [4.78, 5) is 14.3. The summed E-state index contributed by atoms with van der Waals surface area (Å²) in [6.45, 7) is 6.58. The van der Waals surface area contributed by atoms with Crippen LogP contribution < -0.4 is 0 Å². The van der Waals surface area contributed by atoms with Gasteiger partial charge in [-0.1, -0.05) is 19.8 Å². The lowest BCUT2D eigenvalue weighted by molar-refractivity contribution is -0.124. The molecule has 0 aliphatic carbocycles. The van der Waals surface area contributed by atoms with E-state index in [1.807, 2.05) is 0 Å². The fourth-order valence-electron chi connectivity index (χ4n) is 2.98. The number of rotatable bonds is 5. The van der Waals surface area contributed by atoms with Crippen LogP contribution in [0, 0.1) is 11.8 Å². The van der Waals surface area contributed by atoms with Crippen LogP contribution in [0.25, 0.3) is 0 Å². The molecular weight excluding hydrogens is 214 g/mol. The number of piperidine rings is 1. The molecule has 2 rings (SSSR count). The maximum atomic E-state index is 12.0. The lowest BCUT2D eigenvalue weighted by atomic mass is 9.92. The number of hydrogen-bond donors (Lipinski definition) is 0. The van der Waals surface area contributed by atoms with Crippen molar-refractivity contribution in [1.82, 2.24) is 4.90 Å². The van der Waals surface area contributed by atoms with Gasteiger partial charge in [0.1, 0.15) is 0 Å². The van der Waals surface area contributed by atoms with Crippen LogP contribution in [0.15, 0.2) is 0 Å². The third-order valence-electron chi connectivity index (χ3n) is 4.17. The molecule has 0 saturated carbocycles. The fourth-order valence-corrected chi connectivity index (χ4v) is 2.98. The van der Waals surface area contributed by atoms with Gasteiger partial charge in [-0.2, -0.15) is 0 Å². The first kappa shape index (κ1) is 13.0. The molecule has 0 N–H and O–H groups in total. The zero-order valence-corrected chi connectivity index (χ0v) is 11.0. The number of Topliss-reactive ketones (excluding diaryl/α,β-unsaturated/α-hetero) is 1. The van der Waals surface area contributed by atoms with Crippen molar-refractivity contribution in [1.29, 1.82) is 0 Å². The van der Waals surface area contributed by atoms with Crippen LogP contribution in [0.5, 0.6) is 0 Å². The van der Waals surface area contributed by atoms with Gasteiger partial charge in [0.15, 0.2) is 5.78 Å². The van der Waals surface area contributed by atoms with Gasteiger partial charge in [0.2, 0.25) is 0 Å². The molecule has 98 valence electrons. The molecule has 3 heteroatoms. The molecule has 2 heterocycles. The molecule has 2 aliphatic heterocycles. The monoisotopic (exact) mass is 239 g/mol. The molecule has 1 unspecified atom stereocenters. The second-order valence-electron chi connectivity index (χ2n) is 5.54. The summed E-state index contributed by atoms with van der Waals surface area (Å²) < 4.78 is 5.28. The van der Waals surface area contributed by atoms with E-state index in [9.17, 15) is 4.79 Å². The molecule has 0 aromatic heterocycles. The Morgan fingerprint density at radius 1 is 1.29 bits per heavy atom. The zero-order valence-electron chi connectivity index (χ0n) is 11.0.